The highest BCUT2D eigenvalue weighted by atomic mass is 32.2. The minimum absolute atomic E-state index is 0.388. The van der Waals surface area contributed by atoms with Gasteiger partial charge in [0, 0.05) is 45.0 Å². The second-order valence-electron chi connectivity index (χ2n) is 5.17. The molecule has 0 aromatic carbocycles. The first-order valence-corrected chi connectivity index (χ1v) is 8.38. The SMILES string of the molecule is Cn1nccc1CCNS(=O)(=O)N1CCC(CN)CC1. The van der Waals surface area contributed by atoms with E-state index in [0.29, 0.717) is 38.5 Å². The maximum Gasteiger partial charge on any atom is 0.279 e. The van der Waals surface area contributed by atoms with Crippen molar-refractivity contribution in [3.05, 3.63) is 18.0 Å². The van der Waals surface area contributed by atoms with Crippen molar-refractivity contribution in [2.75, 3.05) is 26.2 Å². The van der Waals surface area contributed by atoms with Crippen LogP contribution in [0.15, 0.2) is 12.3 Å². The summed E-state index contributed by atoms with van der Waals surface area (Å²) >= 11 is 0. The second kappa shape index (κ2) is 6.66. The standard InChI is InChI=1S/C12H23N5O2S/c1-16-12(2-6-14-16)3-7-15-20(18,19)17-8-4-11(10-13)5-9-17/h2,6,11,15H,3-5,7-10,13H2,1H3. The summed E-state index contributed by atoms with van der Waals surface area (Å²) in [5, 5.41) is 4.06. The molecule has 2 rings (SSSR count). The summed E-state index contributed by atoms with van der Waals surface area (Å²) in [4.78, 5) is 0. The third-order valence-electron chi connectivity index (χ3n) is 3.83. The summed E-state index contributed by atoms with van der Waals surface area (Å²) in [7, 11) is -1.52. The molecule has 0 saturated carbocycles. The number of aromatic nitrogens is 2. The Morgan fingerprint density at radius 2 is 2.15 bits per heavy atom. The van der Waals surface area contributed by atoms with Gasteiger partial charge >= 0.3 is 0 Å². The predicted octanol–water partition coefficient (Wildman–Crippen LogP) is -0.532. The first-order valence-electron chi connectivity index (χ1n) is 6.94. The van der Waals surface area contributed by atoms with E-state index in [-0.39, 0.29) is 0 Å². The summed E-state index contributed by atoms with van der Waals surface area (Å²) in [5.74, 6) is 0.455. The molecular weight excluding hydrogens is 278 g/mol. The molecule has 1 aromatic rings. The van der Waals surface area contributed by atoms with Crippen LogP contribution in [0.4, 0.5) is 0 Å². The number of aryl methyl sites for hydroxylation is 1. The Morgan fingerprint density at radius 3 is 2.70 bits per heavy atom. The Hall–Kier alpha value is -0.960. The largest absolute Gasteiger partial charge is 0.330 e. The van der Waals surface area contributed by atoms with Crippen LogP contribution in [-0.2, 0) is 23.7 Å². The summed E-state index contributed by atoms with van der Waals surface area (Å²) in [6, 6.07) is 1.89. The van der Waals surface area contributed by atoms with E-state index in [1.54, 1.807) is 10.9 Å². The smallest absolute Gasteiger partial charge is 0.279 e. The van der Waals surface area contributed by atoms with E-state index in [1.165, 1.54) is 4.31 Å². The average Bonchev–Trinajstić information content (AvgIpc) is 2.84. The lowest BCUT2D eigenvalue weighted by Crippen LogP contribution is -2.46. The molecule has 1 aliphatic heterocycles. The summed E-state index contributed by atoms with van der Waals surface area (Å²) in [6.07, 6.45) is 4.04. The Labute approximate surface area is 120 Å². The third-order valence-corrected chi connectivity index (χ3v) is 5.45. The van der Waals surface area contributed by atoms with E-state index >= 15 is 0 Å². The van der Waals surface area contributed by atoms with Crippen molar-refractivity contribution >= 4 is 10.2 Å². The molecule has 0 unspecified atom stereocenters. The van der Waals surface area contributed by atoms with Crippen molar-refractivity contribution in [2.24, 2.45) is 18.7 Å². The highest BCUT2D eigenvalue weighted by molar-refractivity contribution is 7.87. The van der Waals surface area contributed by atoms with Gasteiger partial charge in [-0.05, 0) is 31.4 Å². The van der Waals surface area contributed by atoms with E-state index < -0.39 is 10.2 Å². The van der Waals surface area contributed by atoms with Crippen LogP contribution in [0.2, 0.25) is 0 Å². The Morgan fingerprint density at radius 1 is 1.45 bits per heavy atom. The van der Waals surface area contributed by atoms with Crippen LogP contribution in [0.5, 0.6) is 0 Å². The maximum atomic E-state index is 12.2. The van der Waals surface area contributed by atoms with Crippen molar-refractivity contribution < 1.29 is 8.42 Å². The molecule has 7 nitrogen and oxygen atoms in total. The maximum absolute atomic E-state index is 12.2. The fourth-order valence-corrected chi connectivity index (χ4v) is 3.67. The van der Waals surface area contributed by atoms with Gasteiger partial charge in [0.15, 0.2) is 0 Å². The van der Waals surface area contributed by atoms with Crippen LogP contribution in [0.1, 0.15) is 18.5 Å². The van der Waals surface area contributed by atoms with Gasteiger partial charge < -0.3 is 5.73 Å². The van der Waals surface area contributed by atoms with Crippen LogP contribution in [0.3, 0.4) is 0 Å². The molecule has 1 aromatic heterocycles. The normalized spacial score (nSPS) is 18.5. The van der Waals surface area contributed by atoms with Crippen LogP contribution >= 0.6 is 0 Å². The lowest BCUT2D eigenvalue weighted by Gasteiger charge is -2.30. The predicted molar refractivity (Wildman–Crippen MR) is 77.2 cm³/mol. The lowest BCUT2D eigenvalue weighted by atomic mass is 9.99. The number of piperidine rings is 1. The highest BCUT2D eigenvalue weighted by Crippen LogP contribution is 2.17. The second-order valence-corrected chi connectivity index (χ2v) is 6.93. The van der Waals surface area contributed by atoms with Crippen LogP contribution in [0, 0.1) is 5.92 Å². The van der Waals surface area contributed by atoms with Crippen LogP contribution < -0.4 is 10.5 Å². The fourth-order valence-electron chi connectivity index (χ4n) is 2.43. The molecule has 1 fully saturated rings. The van der Waals surface area contributed by atoms with Gasteiger partial charge in [0.25, 0.3) is 10.2 Å². The number of nitrogens with two attached hydrogens (primary N) is 1. The van der Waals surface area contributed by atoms with E-state index in [9.17, 15) is 8.42 Å². The van der Waals surface area contributed by atoms with E-state index in [2.05, 4.69) is 9.82 Å². The number of rotatable bonds is 6. The summed E-state index contributed by atoms with van der Waals surface area (Å²) in [5.41, 5.74) is 6.62. The molecule has 0 spiro atoms. The molecule has 20 heavy (non-hydrogen) atoms. The molecule has 2 heterocycles. The van der Waals surface area contributed by atoms with Crippen molar-refractivity contribution in [3.63, 3.8) is 0 Å². The monoisotopic (exact) mass is 301 g/mol. The third kappa shape index (κ3) is 3.78. The summed E-state index contributed by atoms with van der Waals surface area (Å²) in [6.45, 7) is 2.15. The van der Waals surface area contributed by atoms with Crippen molar-refractivity contribution in [3.8, 4) is 0 Å². The van der Waals surface area contributed by atoms with Gasteiger partial charge in [-0.25, -0.2) is 4.72 Å². The Bertz CT molecular complexity index is 520. The van der Waals surface area contributed by atoms with Crippen molar-refractivity contribution in [1.82, 2.24) is 18.8 Å². The number of hydrogen-bond donors (Lipinski definition) is 2. The average molecular weight is 301 g/mol. The topological polar surface area (TPSA) is 93.2 Å². The van der Waals surface area contributed by atoms with Gasteiger partial charge in [-0.15, -0.1) is 0 Å². The van der Waals surface area contributed by atoms with Crippen molar-refractivity contribution in [1.29, 1.82) is 0 Å². The molecule has 0 atom stereocenters. The van der Waals surface area contributed by atoms with Gasteiger partial charge in [-0.2, -0.15) is 17.8 Å². The van der Waals surface area contributed by atoms with E-state index in [1.807, 2.05) is 13.1 Å². The minimum atomic E-state index is -3.37. The zero-order valence-electron chi connectivity index (χ0n) is 11.8. The number of hydrogen-bond acceptors (Lipinski definition) is 4. The Kier molecular flexibility index (Phi) is 5.14. The van der Waals surface area contributed by atoms with Crippen molar-refractivity contribution in [2.45, 2.75) is 19.3 Å². The molecule has 3 N–H and O–H groups in total. The number of nitrogens with zero attached hydrogens (tertiary/aromatic N) is 3. The number of nitrogens with one attached hydrogen (secondary N) is 1. The molecular formula is C12H23N5O2S. The van der Waals surface area contributed by atoms with Gasteiger partial charge in [-0.1, -0.05) is 0 Å². The minimum Gasteiger partial charge on any atom is -0.330 e. The van der Waals surface area contributed by atoms with Crippen LogP contribution in [-0.4, -0.2) is 48.7 Å². The van der Waals surface area contributed by atoms with Crippen LogP contribution in [0.25, 0.3) is 0 Å². The molecule has 1 saturated heterocycles. The molecule has 0 bridgehead atoms. The molecule has 114 valence electrons. The highest BCUT2D eigenvalue weighted by Gasteiger charge is 2.26. The molecule has 8 heteroatoms. The molecule has 0 radical (unpaired) electrons. The van der Waals surface area contributed by atoms with Gasteiger partial charge in [0.1, 0.15) is 0 Å². The zero-order valence-corrected chi connectivity index (χ0v) is 12.6. The summed E-state index contributed by atoms with van der Waals surface area (Å²) < 4.78 is 30.2. The fraction of sp³-hybridized carbons (Fsp3) is 0.750. The van der Waals surface area contributed by atoms with Gasteiger partial charge in [0.2, 0.25) is 0 Å². The first-order chi connectivity index (χ1) is 9.53. The lowest BCUT2D eigenvalue weighted by molar-refractivity contribution is 0.276. The van der Waals surface area contributed by atoms with Gasteiger partial charge in [-0.3, -0.25) is 4.68 Å². The molecule has 0 aliphatic carbocycles. The van der Waals surface area contributed by atoms with E-state index in [0.717, 1.165) is 18.5 Å². The quantitative estimate of drug-likeness (QED) is 0.738. The Balaban J connectivity index is 1.81. The molecule has 1 aliphatic rings. The van der Waals surface area contributed by atoms with E-state index in [4.69, 9.17) is 5.73 Å². The zero-order chi connectivity index (χ0) is 14.6. The molecule has 0 amide bonds. The first kappa shape index (κ1) is 15.4. The van der Waals surface area contributed by atoms with Gasteiger partial charge in [0.05, 0.1) is 0 Å².